The molecule has 4 nitrogen and oxygen atoms in total. The smallest absolute Gasteiger partial charge is 0.258 e. The van der Waals surface area contributed by atoms with Crippen LogP contribution >= 0.6 is 11.8 Å². The third-order valence-corrected chi connectivity index (χ3v) is 3.68. The number of nitriles is 1. The predicted octanol–water partition coefficient (Wildman–Crippen LogP) is 4.38. The van der Waals surface area contributed by atoms with Crippen molar-refractivity contribution >= 4 is 29.1 Å². The van der Waals surface area contributed by atoms with Crippen LogP contribution in [-0.2, 0) is 0 Å². The Balaban J connectivity index is 2.31. The Hall–Kier alpha value is -2.58. The van der Waals surface area contributed by atoms with Crippen molar-refractivity contribution in [2.24, 2.45) is 0 Å². The van der Waals surface area contributed by atoms with Crippen LogP contribution in [0, 0.1) is 21.4 Å². The van der Waals surface area contributed by atoms with Gasteiger partial charge in [-0.15, -0.1) is 11.8 Å². The minimum atomic E-state index is -0.458. The minimum absolute atomic E-state index is 0.0142. The van der Waals surface area contributed by atoms with E-state index in [1.54, 1.807) is 30.0 Å². The molecule has 5 heteroatoms. The highest BCUT2D eigenvalue weighted by molar-refractivity contribution is 7.98. The molecule has 0 aliphatic carbocycles. The molecule has 0 aliphatic rings. The predicted molar refractivity (Wildman–Crippen MR) is 84.8 cm³/mol. The summed E-state index contributed by atoms with van der Waals surface area (Å²) < 4.78 is 0. The molecule has 0 radical (unpaired) electrons. The van der Waals surface area contributed by atoms with E-state index >= 15 is 0 Å². The molecule has 104 valence electrons. The molecule has 2 aromatic rings. The highest BCUT2D eigenvalue weighted by Crippen LogP contribution is 2.22. The van der Waals surface area contributed by atoms with Crippen molar-refractivity contribution in [2.75, 3.05) is 6.26 Å². The summed E-state index contributed by atoms with van der Waals surface area (Å²) in [6.45, 7) is 0. The first-order chi connectivity index (χ1) is 10.1. The molecule has 0 atom stereocenters. The van der Waals surface area contributed by atoms with Gasteiger partial charge in [0.05, 0.1) is 16.6 Å². The Bertz CT molecular complexity index is 713. The standard InChI is InChI=1S/C16H12N2O2S/c1-21-16-8-2-12(3-9-16)10-14(11-17)13-4-6-15(7-5-13)18(19)20/h2-10H,1H3/b14-10-. The summed E-state index contributed by atoms with van der Waals surface area (Å²) in [5.41, 5.74) is 2.07. The van der Waals surface area contributed by atoms with Gasteiger partial charge in [-0.1, -0.05) is 12.1 Å². The lowest BCUT2D eigenvalue weighted by molar-refractivity contribution is -0.384. The van der Waals surface area contributed by atoms with E-state index in [1.807, 2.05) is 30.5 Å². The van der Waals surface area contributed by atoms with Crippen molar-refractivity contribution in [3.63, 3.8) is 0 Å². The van der Waals surface area contributed by atoms with Crippen molar-refractivity contribution in [1.82, 2.24) is 0 Å². The third kappa shape index (κ3) is 3.71. The number of thioether (sulfide) groups is 1. The molecule has 0 amide bonds. The monoisotopic (exact) mass is 296 g/mol. The molecule has 0 spiro atoms. The molecule has 0 heterocycles. The maximum Gasteiger partial charge on any atom is 0.269 e. The van der Waals surface area contributed by atoms with Crippen LogP contribution < -0.4 is 0 Å². The maximum atomic E-state index is 10.6. The van der Waals surface area contributed by atoms with Gasteiger partial charge >= 0.3 is 0 Å². The van der Waals surface area contributed by atoms with Gasteiger partial charge in [0, 0.05) is 17.0 Å². The number of nitrogens with zero attached hydrogens (tertiary/aromatic N) is 2. The summed E-state index contributed by atoms with van der Waals surface area (Å²) in [5, 5.41) is 19.9. The van der Waals surface area contributed by atoms with E-state index in [9.17, 15) is 15.4 Å². The van der Waals surface area contributed by atoms with Crippen molar-refractivity contribution in [3.05, 3.63) is 69.8 Å². The molecule has 0 aliphatic heterocycles. The summed E-state index contributed by atoms with van der Waals surface area (Å²) in [5.74, 6) is 0. The maximum absolute atomic E-state index is 10.6. The van der Waals surface area contributed by atoms with Crippen LogP contribution in [0.3, 0.4) is 0 Å². The van der Waals surface area contributed by atoms with Crippen molar-refractivity contribution in [3.8, 4) is 6.07 Å². The second kappa shape index (κ2) is 6.73. The Labute approximate surface area is 126 Å². The van der Waals surface area contributed by atoms with E-state index in [1.165, 1.54) is 12.1 Å². The van der Waals surface area contributed by atoms with E-state index in [2.05, 4.69) is 6.07 Å². The van der Waals surface area contributed by atoms with Crippen LogP contribution in [0.2, 0.25) is 0 Å². The van der Waals surface area contributed by atoms with Crippen LogP contribution in [0.4, 0.5) is 5.69 Å². The highest BCUT2D eigenvalue weighted by Gasteiger charge is 2.06. The zero-order valence-corrected chi connectivity index (χ0v) is 12.1. The van der Waals surface area contributed by atoms with Crippen molar-refractivity contribution in [1.29, 1.82) is 5.26 Å². The Morgan fingerprint density at radius 3 is 2.29 bits per heavy atom. The molecule has 0 saturated carbocycles. The largest absolute Gasteiger partial charge is 0.269 e. The molecular weight excluding hydrogens is 284 g/mol. The number of non-ortho nitro benzene ring substituents is 1. The van der Waals surface area contributed by atoms with Gasteiger partial charge < -0.3 is 0 Å². The Morgan fingerprint density at radius 2 is 1.81 bits per heavy atom. The normalized spacial score (nSPS) is 11.0. The summed E-state index contributed by atoms with van der Waals surface area (Å²) >= 11 is 1.65. The van der Waals surface area contributed by atoms with Crippen molar-refractivity contribution < 1.29 is 4.92 Å². The quantitative estimate of drug-likeness (QED) is 0.276. The molecule has 0 fully saturated rings. The van der Waals surface area contributed by atoms with Gasteiger partial charge in [0.2, 0.25) is 0 Å². The molecule has 21 heavy (non-hydrogen) atoms. The first-order valence-electron chi connectivity index (χ1n) is 6.14. The molecule has 2 rings (SSSR count). The lowest BCUT2D eigenvalue weighted by Gasteiger charge is -2.01. The van der Waals surface area contributed by atoms with E-state index in [4.69, 9.17) is 0 Å². The summed E-state index contributed by atoms with van der Waals surface area (Å²) in [4.78, 5) is 11.3. The first-order valence-corrected chi connectivity index (χ1v) is 7.37. The number of hydrogen-bond donors (Lipinski definition) is 0. The molecule has 2 aromatic carbocycles. The molecule has 0 aromatic heterocycles. The minimum Gasteiger partial charge on any atom is -0.258 e. The number of nitro benzene ring substituents is 1. The zero-order valence-electron chi connectivity index (χ0n) is 11.3. The molecule has 0 unspecified atom stereocenters. The van der Waals surface area contributed by atoms with Crippen LogP contribution in [0.1, 0.15) is 11.1 Å². The summed E-state index contributed by atoms with van der Waals surface area (Å²) in [6.07, 6.45) is 3.77. The van der Waals surface area contributed by atoms with Gasteiger partial charge in [-0.2, -0.15) is 5.26 Å². The topological polar surface area (TPSA) is 66.9 Å². The molecular formula is C16H12N2O2S. The third-order valence-electron chi connectivity index (χ3n) is 2.94. The van der Waals surface area contributed by atoms with E-state index in [0.717, 1.165) is 10.5 Å². The van der Waals surface area contributed by atoms with Gasteiger partial charge in [-0.3, -0.25) is 10.1 Å². The number of allylic oxidation sites excluding steroid dienone is 1. The van der Waals surface area contributed by atoms with E-state index in [-0.39, 0.29) is 5.69 Å². The lowest BCUT2D eigenvalue weighted by Crippen LogP contribution is -1.88. The Kier molecular flexibility index (Phi) is 4.75. The molecule has 0 N–H and O–H groups in total. The zero-order chi connectivity index (χ0) is 15.2. The van der Waals surface area contributed by atoms with Crippen LogP contribution in [0.25, 0.3) is 11.6 Å². The highest BCUT2D eigenvalue weighted by atomic mass is 32.2. The van der Waals surface area contributed by atoms with Gasteiger partial charge in [-0.25, -0.2) is 0 Å². The fourth-order valence-corrected chi connectivity index (χ4v) is 2.22. The number of rotatable bonds is 4. The SMILES string of the molecule is CSc1ccc(/C=C(/C#N)c2ccc([N+](=O)[O-])cc2)cc1. The van der Waals surface area contributed by atoms with Gasteiger partial charge in [0.25, 0.3) is 5.69 Å². The lowest BCUT2D eigenvalue weighted by atomic mass is 10.0. The van der Waals surface area contributed by atoms with Gasteiger partial charge in [0.1, 0.15) is 0 Å². The number of hydrogen-bond acceptors (Lipinski definition) is 4. The second-order valence-electron chi connectivity index (χ2n) is 4.25. The van der Waals surface area contributed by atoms with Crippen LogP contribution in [0.15, 0.2) is 53.4 Å². The Morgan fingerprint density at radius 1 is 1.19 bits per heavy atom. The first kappa shape index (κ1) is 14.8. The average Bonchev–Trinajstić information content (AvgIpc) is 2.53. The molecule has 0 bridgehead atoms. The van der Waals surface area contributed by atoms with E-state index in [0.29, 0.717) is 11.1 Å². The van der Waals surface area contributed by atoms with E-state index < -0.39 is 4.92 Å². The number of benzene rings is 2. The number of nitro groups is 1. The summed E-state index contributed by atoms with van der Waals surface area (Å²) in [6, 6.07) is 16.0. The van der Waals surface area contributed by atoms with Gasteiger partial charge in [-0.05, 0) is 47.7 Å². The fraction of sp³-hybridized carbons (Fsp3) is 0.0625. The van der Waals surface area contributed by atoms with Crippen LogP contribution in [-0.4, -0.2) is 11.2 Å². The second-order valence-corrected chi connectivity index (χ2v) is 5.13. The van der Waals surface area contributed by atoms with Crippen LogP contribution in [0.5, 0.6) is 0 Å². The average molecular weight is 296 g/mol. The van der Waals surface area contributed by atoms with Gasteiger partial charge in [0.15, 0.2) is 0 Å². The fourth-order valence-electron chi connectivity index (χ4n) is 1.81. The van der Waals surface area contributed by atoms with Crippen molar-refractivity contribution in [2.45, 2.75) is 4.90 Å². The molecule has 0 saturated heterocycles. The summed E-state index contributed by atoms with van der Waals surface area (Å²) in [7, 11) is 0.